The number of likely N-dealkylation sites (N-methyl/N-ethyl adjacent to an activating group) is 1. The van der Waals surface area contributed by atoms with Gasteiger partial charge in [-0.05, 0) is 55.6 Å². The second-order valence-electron chi connectivity index (χ2n) is 6.57. The smallest absolute Gasteiger partial charge is 0.0234 e. The molecule has 0 amide bonds. The molecule has 0 aromatic heterocycles. The minimum atomic E-state index is 0.712. The summed E-state index contributed by atoms with van der Waals surface area (Å²) in [5.74, 6) is 0. The zero-order chi connectivity index (χ0) is 16.2. The highest BCUT2D eigenvalue weighted by molar-refractivity contribution is 7.98. The summed E-state index contributed by atoms with van der Waals surface area (Å²) >= 11 is 1.79. The number of nitrogens with zero attached hydrogens (tertiary/aromatic N) is 2. The van der Waals surface area contributed by atoms with E-state index in [1.807, 2.05) is 0 Å². The molecule has 1 heterocycles. The molecular weight excluding hydrogens is 300 g/mol. The molecule has 2 aromatic rings. The fraction of sp³-hybridized carbons (Fsp3) is 0.400. The quantitative estimate of drug-likeness (QED) is 0.760. The highest BCUT2D eigenvalue weighted by Gasteiger charge is 2.23. The molecule has 1 unspecified atom stereocenters. The molecule has 0 N–H and O–H groups in total. The predicted octanol–water partition coefficient (Wildman–Crippen LogP) is 4.21. The average Bonchev–Trinajstić information content (AvgIpc) is 3.04. The van der Waals surface area contributed by atoms with Crippen LogP contribution in [-0.4, -0.2) is 49.3 Å². The molecule has 0 radical (unpaired) electrons. The number of rotatable bonds is 5. The maximum Gasteiger partial charge on any atom is 0.0234 e. The number of hydrogen-bond acceptors (Lipinski definition) is 3. The van der Waals surface area contributed by atoms with Crippen molar-refractivity contribution in [3.8, 4) is 11.1 Å². The zero-order valence-corrected chi connectivity index (χ0v) is 15.1. The Balaban J connectivity index is 1.65. The van der Waals surface area contributed by atoms with Gasteiger partial charge in [0.25, 0.3) is 0 Å². The molecule has 1 aliphatic heterocycles. The Morgan fingerprint density at radius 2 is 1.87 bits per heavy atom. The van der Waals surface area contributed by atoms with Crippen molar-refractivity contribution in [2.45, 2.75) is 23.9 Å². The molecule has 2 aromatic carbocycles. The Kier molecular flexibility index (Phi) is 5.42. The molecule has 1 aliphatic rings. The van der Waals surface area contributed by atoms with E-state index in [2.05, 4.69) is 78.7 Å². The lowest BCUT2D eigenvalue weighted by molar-refractivity contribution is 0.264. The van der Waals surface area contributed by atoms with Gasteiger partial charge in [-0.3, -0.25) is 4.90 Å². The van der Waals surface area contributed by atoms with Crippen LogP contribution in [0.5, 0.6) is 0 Å². The second kappa shape index (κ2) is 7.52. The zero-order valence-electron chi connectivity index (χ0n) is 14.3. The summed E-state index contributed by atoms with van der Waals surface area (Å²) in [6.45, 7) is 3.46. The third kappa shape index (κ3) is 4.17. The minimum absolute atomic E-state index is 0.712. The van der Waals surface area contributed by atoms with Crippen LogP contribution in [0.3, 0.4) is 0 Å². The predicted molar refractivity (Wildman–Crippen MR) is 101 cm³/mol. The first-order chi connectivity index (χ1) is 11.2. The van der Waals surface area contributed by atoms with E-state index in [0.29, 0.717) is 6.04 Å². The van der Waals surface area contributed by atoms with Crippen LogP contribution in [0.2, 0.25) is 0 Å². The van der Waals surface area contributed by atoms with Crippen molar-refractivity contribution in [1.82, 2.24) is 9.80 Å². The largest absolute Gasteiger partial charge is 0.305 e. The average molecular weight is 327 g/mol. The van der Waals surface area contributed by atoms with Crippen molar-refractivity contribution in [1.29, 1.82) is 0 Å². The van der Waals surface area contributed by atoms with Crippen LogP contribution in [0, 0.1) is 0 Å². The molecular formula is C20H26N2S. The first-order valence-electron chi connectivity index (χ1n) is 8.28. The highest BCUT2D eigenvalue weighted by atomic mass is 32.2. The van der Waals surface area contributed by atoms with Gasteiger partial charge in [0.05, 0.1) is 0 Å². The maximum atomic E-state index is 2.56. The van der Waals surface area contributed by atoms with E-state index in [0.717, 1.165) is 6.54 Å². The standard InChI is InChI=1S/C20H26N2S/c1-21(2)19-11-12-22(15-19)14-16-7-9-17(10-8-16)18-5-4-6-20(13-18)23-3/h4-10,13,19H,11-12,14-15H2,1-3H3. The Bertz CT molecular complexity index is 636. The van der Waals surface area contributed by atoms with Crippen molar-refractivity contribution in [3.63, 3.8) is 0 Å². The van der Waals surface area contributed by atoms with Gasteiger partial charge in [0.1, 0.15) is 0 Å². The van der Waals surface area contributed by atoms with Gasteiger partial charge in [-0.2, -0.15) is 0 Å². The summed E-state index contributed by atoms with van der Waals surface area (Å²) in [5, 5.41) is 0. The van der Waals surface area contributed by atoms with Crippen LogP contribution >= 0.6 is 11.8 Å². The van der Waals surface area contributed by atoms with Gasteiger partial charge in [-0.1, -0.05) is 36.4 Å². The monoisotopic (exact) mass is 326 g/mol. The Morgan fingerprint density at radius 1 is 1.09 bits per heavy atom. The SMILES string of the molecule is CSc1cccc(-c2ccc(CN3CCC(N(C)C)C3)cc2)c1. The molecule has 1 saturated heterocycles. The summed E-state index contributed by atoms with van der Waals surface area (Å²) in [6, 6.07) is 18.6. The number of likely N-dealkylation sites (tertiary alicyclic amines) is 1. The lowest BCUT2D eigenvalue weighted by Gasteiger charge is -2.20. The van der Waals surface area contributed by atoms with E-state index in [4.69, 9.17) is 0 Å². The first kappa shape index (κ1) is 16.6. The first-order valence-corrected chi connectivity index (χ1v) is 9.50. The van der Waals surface area contributed by atoms with E-state index < -0.39 is 0 Å². The summed E-state index contributed by atoms with van der Waals surface area (Å²) in [4.78, 5) is 6.23. The van der Waals surface area contributed by atoms with E-state index in [1.165, 1.54) is 41.1 Å². The molecule has 2 nitrogen and oxygen atoms in total. The lowest BCUT2D eigenvalue weighted by Crippen LogP contribution is -2.31. The van der Waals surface area contributed by atoms with Crippen LogP contribution in [0.15, 0.2) is 53.4 Å². The number of hydrogen-bond donors (Lipinski definition) is 0. The van der Waals surface area contributed by atoms with Crippen LogP contribution in [0.1, 0.15) is 12.0 Å². The van der Waals surface area contributed by atoms with Gasteiger partial charge in [0, 0.05) is 30.6 Å². The van der Waals surface area contributed by atoms with Crippen molar-refractivity contribution in [3.05, 3.63) is 54.1 Å². The molecule has 0 spiro atoms. The van der Waals surface area contributed by atoms with E-state index >= 15 is 0 Å². The summed E-state index contributed by atoms with van der Waals surface area (Å²) in [5.41, 5.74) is 4.02. The van der Waals surface area contributed by atoms with Crippen LogP contribution < -0.4 is 0 Å². The van der Waals surface area contributed by atoms with E-state index in [9.17, 15) is 0 Å². The van der Waals surface area contributed by atoms with E-state index in [1.54, 1.807) is 11.8 Å². The maximum absolute atomic E-state index is 2.56. The van der Waals surface area contributed by atoms with Crippen molar-refractivity contribution in [2.75, 3.05) is 33.4 Å². The highest BCUT2D eigenvalue weighted by Crippen LogP contribution is 2.25. The molecule has 1 fully saturated rings. The Hall–Kier alpha value is -1.29. The van der Waals surface area contributed by atoms with Crippen LogP contribution in [0.25, 0.3) is 11.1 Å². The van der Waals surface area contributed by atoms with Crippen LogP contribution in [0.4, 0.5) is 0 Å². The van der Waals surface area contributed by atoms with Gasteiger partial charge >= 0.3 is 0 Å². The molecule has 0 bridgehead atoms. The number of thioether (sulfide) groups is 1. The Morgan fingerprint density at radius 3 is 2.52 bits per heavy atom. The van der Waals surface area contributed by atoms with Gasteiger partial charge < -0.3 is 4.90 Å². The third-order valence-electron chi connectivity index (χ3n) is 4.74. The molecule has 23 heavy (non-hydrogen) atoms. The molecule has 122 valence electrons. The fourth-order valence-corrected chi connectivity index (χ4v) is 3.70. The van der Waals surface area contributed by atoms with Crippen molar-refractivity contribution < 1.29 is 0 Å². The Labute approximate surface area is 144 Å². The van der Waals surface area contributed by atoms with Gasteiger partial charge in [-0.25, -0.2) is 0 Å². The van der Waals surface area contributed by atoms with Crippen molar-refractivity contribution >= 4 is 11.8 Å². The van der Waals surface area contributed by atoms with Gasteiger partial charge in [-0.15, -0.1) is 11.8 Å². The third-order valence-corrected chi connectivity index (χ3v) is 5.47. The number of benzene rings is 2. The van der Waals surface area contributed by atoms with Gasteiger partial charge in [0.2, 0.25) is 0 Å². The van der Waals surface area contributed by atoms with Crippen LogP contribution in [-0.2, 0) is 6.54 Å². The lowest BCUT2D eigenvalue weighted by atomic mass is 10.0. The second-order valence-corrected chi connectivity index (χ2v) is 7.45. The summed E-state index contributed by atoms with van der Waals surface area (Å²) in [6.07, 6.45) is 3.41. The van der Waals surface area contributed by atoms with Crippen molar-refractivity contribution in [2.24, 2.45) is 0 Å². The molecule has 1 atom stereocenters. The topological polar surface area (TPSA) is 6.48 Å². The van der Waals surface area contributed by atoms with Gasteiger partial charge in [0.15, 0.2) is 0 Å². The minimum Gasteiger partial charge on any atom is -0.305 e. The summed E-state index contributed by atoms with van der Waals surface area (Å²) < 4.78 is 0. The molecule has 0 saturated carbocycles. The fourth-order valence-electron chi connectivity index (χ4n) is 3.24. The van der Waals surface area contributed by atoms with E-state index in [-0.39, 0.29) is 0 Å². The molecule has 0 aliphatic carbocycles. The normalized spacial score (nSPS) is 18.7. The summed E-state index contributed by atoms with van der Waals surface area (Å²) in [7, 11) is 4.37. The molecule has 3 rings (SSSR count). The molecule has 3 heteroatoms.